The van der Waals surface area contributed by atoms with Crippen LogP contribution in [0.5, 0.6) is 0 Å². The number of benzene rings is 2. The Bertz CT molecular complexity index is 967. The Morgan fingerprint density at radius 1 is 1.11 bits per heavy atom. The molecule has 3 aromatic rings. The highest BCUT2D eigenvalue weighted by Gasteiger charge is 2.21. The highest BCUT2D eigenvalue weighted by atomic mass is 35.5. The zero-order valence-corrected chi connectivity index (χ0v) is 16.2. The molecule has 28 heavy (non-hydrogen) atoms. The summed E-state index contributed by atoms with van der Waals surface area (Å²) in [5.74, 6) is -0.218. The first-order valence-electron chi connectivity index (χ1n) is 9.01. The molecular formula is C20H20ClN5O2. The van der Waals surface area contributed by atoms with Crippen LogP contribution in [0.4, 0.5) is 11.4 Å². The molecule has 8 heteroatoms. The summed E-state index contributed by atoms with van der Waals surface area (Å²) in [5.41, 5.74) is 2.86. The van der Waals surface area contributed by atoms with Crippen LogP contribution < -0.4 is 9.80 Å². The van der Waals surface area contributed by atoms with Gasteiger partial charge >= 0.3 is 0 Å². The van der Waals surface area contributed by atoms with Gasteiger partial charge < -0.3 is 14.5 Å². The molecule has 1 amide bonds. The molecule has 0 N–H and O–H groups in total. The minimum atomic E-state index is -0.218. The number of ether oxygens (including phenoxy) is 1. The molecular weight excluding hydrogens is 378 g/mol. The molecule has 0 bridgehead atoms. The lowest BCUT2D eigenvalue weighted by Gasteiger charge is -2.29. The third-order valence-corrected chi connectivity index (χ3v) is 5.09. The standard InChI is InChI=1S/C20H20ClN5O2/c1-24(15-6-8-16(9-7-15)25-10-12-28-13-11-25)20(27)19-14-22-23-26(19)18-5-3-2-4-17(18)21/h2-9,14H,10-13H2,1H3. The fourth-order valence-electron chi connectivity index (χ4n) is 3.18. The quantitative estimate of drug-likeness (QED) is 0.677. The SMILES string of the molecule is CN(C(=O)c1cnnn1-c1ccccc1Cl)c1ccc(N2CCOCC2)cc1. The number of carbonyl (C=O) groups is 1. The van der Waals surface area contributed by atoms with Crippen molar-refractivity contribution in [3.8, 4) is 5.69 Å². The summed E-state index contributed by atoms with van der Waals surface area (Å²) in [6, 6.07) is 15.1. The average molecular weight is 398 g/mol. The van der Waals surface area contributed by atoms with Crippen LogP contribution in [0.3, 0.4) is 0 Å². The molecule has 7 nitrogen and oxygen atoms in total. The van der Waals surface area contributed by atoms with E-state index >= 15 is 0 Å². The van der Waals surface area contributed by atoms with E-state index in [1.807, 2.05) is 36.4 Å². The zero-order chi connectivity index (χ0) is 19.5. The summed E-state index contributed by atoms with van der Waals surface area (Å²) in [7, 11) is 1.73. The Balaban J connectivity index is 1.56. The zero-order valence-electron chi connectivity index (χ0n) is 15.5. The molecule has 2 aromatic carbocycles. The number of halogens is 1. The molecule has 0 unspecified atom stereocenters. The van der Waals surface area contributed by atoms with Gasteiger partial charge in [0.2, 0.25) is 0 Å². The number of anilines is 2. The van der Waals surface area contributed by atoms with Crippen molar-refractivity contribution in [2.75, 3.05) is 43.2 Å². The van der Waals surface area contributed by atoms with E-state index in [1.165, 1.54) is 10.9 Å². The third kappa shape index (κ3) is 3.58. The maximum atomic E-state index is 13.1. The number of hydrogen-bond donors (Lipinski definition) is 0. The monoisotopic (exact) mass is 397 g/mol. The van der Waals surface area contributed by atoms with Gasteiger partial charge in [-0.3, -0.25) is 4.79 Å². The predicted octanol–water partition coefficient (Wildman–Crippen LogP) is 3.03. The van der Waals surface area contributed by atoms with Crippen LogP contribution in [0.15, 0.2) is 54.7 Å². The van der Waals surface area contributed by atoms with Gasteiger partial charge in [-0.2, -0.15) is 0 Å². The Hall–Kier alpha value is -2.90. The van der Waals surface area contributed by atoms with E-state index in [9.17, 15) is 4.79 Å². The third-order valence-electron chi connectivity index (χ3n) is 4.77. The van der Waals surface area contributed by atoms with Crippen molar-refractivity contribution in [2.24, 2.45) is 0 Å². The first-order valence-corrected chi connectivity index (χ1v) is 9.39. The van der Waals surface area contributed by atoms with E-state index in [2.05, 4.69) is 15.2 Å². The van der Waals surface area contributed by atoms with Gasteiger partial charge in [0.05, 0.1) is 30.1 Å². The molecule has 2 heterocycles. The van der Waals surface area contributed by atoms with Crippen molar-refractivity contribution < 1.29 is 9.53 Å². The van der Waals surface area contributed by atoms with E-state index in [-0.39, 0.29) is 5.91 Å². The predicted molar refractivity (Wildman–Crippen MR) is 109 cm³/mol. The fourth-order valence-corrected chi connectivity index (χ4v) is 3.40. The summed E-state index contributed by atoms with van der Waals surface area (Å²) in [6.07, 6.45) is 1.45. The minimum Gasteiger partial charge on any atom is -0.378 e. The number of para-hydroxylation sites is 1. The molecule has 4 rings (SSSR count). The first-order chi connectivity index (χ1) is 13.6. The molecule has 0 saturated carbocycles. The van der Waals surface area contributed by atoms with Gasteiger partial charge in [-0.1, -0.05) is 28.9 Å². The molecule has 1 fully saturated rings. The van der Waals surface area contributed by atoms with Gasteiger partial charge in [0.25, 0.3) is 5.91 Å². The van der Waals surface area contributed by atoms with E-state index in [1.54, 1.807) is 24.1 Å². The van der Waals surface area contributed by atoms with Gasteiger partial charge in [0.15, 0.2) is 5.69 Å². The van der Waals surface area contributed by atoms with E-state index < -0.39 is 0 Å². The van der Waals surface area contributed by atoms with Gasteiger partial charge in [-0.15, -0.1) is 5.10 Å². The van der Waals surface area contributed by atoms with Gasteiger partial charge in [0.1, 0.15) is 0 Å². The molecule has 0 radical (unpaired) electrons. The Labute approximate surface area is 168 Å². The van der Waals surface area contributed by atoms with Crippen molar-refractivity contribution in [3.05, 3.63) is 65.4 Å². The van der Waals surface area contributed by atoms with Crippen LogP contribution >= 0.6 is 11.6 Å². The van der Waals surface area contributed by atoms with Gasteiger partial charge in [0, 0.05) is 31.5 Å². The Kier molecular flexibility index (Phi) is 5.27. The van der Waals surface area contributed by atoms with Crippen molar-refractivity contribution in [1.82, 2.24) is 15.0 Å². The number of amides is 1. The molecule has 144 valence electrons. The maximum absolute atomic E-state index is 13.1. The second-order valence-corrected chi connectivity index (χ2v) is 6.87. The van der Waals surface area contributed by atoms with E-state index in [0.29, 0.717) is 16.4 Å². The number of nitrogens with zero attached hydrogens (tertiary/aromatic N) is 5. The van der Waals surface area contributed by atoms with E-state index in [4.69, 9.17) is 16.3 Å². The van der Waals surface area contributed by atoms with Crippen molar-refractivity contribution in [1.29, 1.82) is 0 Å². The van der Waals surface area contributed by atoms with Crippen LogP contribution in [0.2, 0.25) is 5.02 Å². The van der Waals surface area contributed by atoms with Crippen LogP contribution in [0.25, 0.3) is 5.69 Å². The number of rotatable bonds is 4. The fraction of sp³-hybridized carbons (Fsp3) is 0.250. The summed E-state index contributed by atoms with van der Waals surface area (Å²) in [6.45, 7) is 3.21. The average Bonchev–Trinajstić information content (AvgIpc) is 3.23. The molecule has 1 aliphatic rings. The molecule has 1 aromatic heterocycles. The Morgan fingerprint density at radius 3 is 2.54 bits per heavy atom. The molecule has 0 spiro atoms. The Morgan fingerprint density at radius 2 is 1.82 bits per heavy atom. The summed E-state index contributed by atoms with van der Waals surface area (Å²) in [4.78, 5) is 16.9. The number of carbonyl (C=O) groups excluding carboxylic acids is 1. The van der Waals surface area contributed by atoms with Crippen molar-refractivity contribution >= 4 is 28.9 Å². The topological polar surface area (TPSA) is 63.5 Å². The second kappa shape index (κ2) is 8.00. The van der Waals surface area contributed by atoms with Crippen molar-refractivity contribution in [3.63, 3.8) is 0 Å². The van der Waals surface area contributed by atoms with E-state index in [0.717, 1.165) is 37.7 Å². The maximum Gasteiger partial charge on any atom is 0.278 e. The normalized spacial score (nSPS) is 14.1. The molecule has 0 aliphatic carbocycles. The lowest BCUT2D eigenvalue weighted by atomic mass is 10.2. The van der Waals surface area contributed by atoms with Crippen LogP contribution in [-0.4, -0.2) is 54.3 Å². The van der Waals surface area contributed by atoms with Crippen molar-refractivity contribution in [2.45, 2.75) is 0 Å². The largest absolute Gasteiger partial charge is 0.378 e. The van der Waals surface area contributed by atoms with Crippen LogP contribution in [0, 0.1) is 0 Å². The lowest BCUT2D eigenvalue weighted by molar-refractivity contribution is 0.0985. The number of aromatic nitrogens is 3. The first kappa shape index (κ1) is 18.5. The lowest BCUT2D eigenvalue weighted by Crippen LogP contribution is -2.36. The minimum absolute atomic E-state index is 0.218. The highest BCUT2D eigenvalue weighted by molar-refractivity contribution is 6.32. The summed E-state index contributed by atoms with van der Waals surface area (Å²) >= 11 is 6.25. The number of hydrogen-bond acceptors (Lipinski definition) is 5. The van der Waals surface area contributed by atoms with Crippen LogP contribution in [0.1, 0.15) is 10.5 Å². The second-order valence-electron chi connectivity index (χ2n) is 6.46. The van der Waals surface area contributed by atoms with Gasteiger partial charge in [-0.05, 0) is 36.4 Å². The smallest absolute Gasteiger partial charge is 0.278 e. The summed E-state index contributed by atoms with van der Waals surface area (Å²) in [5, 5.41) is 8.44. The highest BCUT2D eigenvalue weighted by Crippen LogP contribution is 2.24. The van der Waals surface area contributed by atoms with Crippen LogP contribution in [-0.2, 0) is 4.74 Å². The number of morpholine rings is 1. The summed E-state index contributed by atoms with van der Waals surface area (Å²) < 4.78 is 6.86. The molecule has 1 saturated heterocycles. The van der Waals surface area contributed by atoms with Gasteiger partial charge in [-0.25, -0.2) is 4.68 Å². The molecule has 0 atom stereocenters. The molecule has 1 aliphatic heterocycles.